The van der Waals surface area contributed by atoms with Crippen molar-refractivity contribution in [3.8, 4) is 0 Å². The molecule has 0 aromatic heterocycles. The van der Waals surface area contributed by atoms with Gasteiger partial charge in [-0.05, 0) is 23.6 Å². The van der Waals surface area contributed by atoms with Crippen molar-refractivity contribution in [2.45, 2.75) is 18.9 Å². The molecule has 1 amide bonds. The summed E-state index contributed by atoms with van der Waals surface area (Å²) >= 11 is 6.03. The quantitative estimate of drug-likeness (QED) is 0.861. The number of hydrogen-bond acceptors (Lipinski definition) is 2. The van der Waals surface area contributed by atoms with Gasteiger partial charge in [-0.3, -0.25) is 4.79 Å². The lowest BCUT2D eigenvalue weighted by molar-refractivity contribution is -0.120. The van der Waals surface area contributed by atoms with E-state index >= 15 is 0 Å². The van der Waals surface area contributed by atoms with Crippen LogP contribution in [0.2, 0.25) is 5.02 Å². The third kappa shape index (κ3) is 4.88. The molecule has 2 rings (SSSR count). The molecule has 0 bridgehead atoms. The molecule has 0 aliphatic rings. The Kier molecular flexibility index (Phi) is 5.78. The highest BCUT2D eigenvalue weighted by atomic mass is 35.5. The predicted molar refractivity (Wildman–Crippen MR) is 86.2 cm³/mol. The molecule has 4 heteroatoms. The molecule has 0 radical (unpaired) electrons. The summed E-state index contributed by atoms with van der Waals surface area (Å²) in [6.45, 7) is 0.555. The molecule has 0 spiro atoms. The maximum absolute atomic E-state index is 11.9. The molecule has 21 heavy (non-hydrogen) atoms. The number of carbonyl (C=O) groups excluding carboxylic acids is 1. The van der Waals surface area contributed by atoms with Crippen LogP contribution in [0.5, 0.6) is 0 Å². The summed E-state index contributed by atoms with van der Waals surface area (Å²) in [6.07, 6.45) is 0.999. The molecule has 0 aliphatic carbocycles. The molecule has 3 nitrogen and oxygen atoms in total. The average molecular weight is 303 g/mol. The van der Waals surface area contributed by atoms with Gasteiger partial charge in [0.25, 0.3) is 0 Å². The average Bonchev–Trinajstić information content (AvgIpc) is 2.50. The molecule has 2 aromatic carbocycles. The Morgan fingerprint density at radius 2 is 1.76 bits per heavy atom. The maximum Gasteiger partial charge on any atom is 0.224 e. The van der Waals surface area contributed by atoms with E-state index < -0.39 is 0 Å². The molecule has 3 N–H and O–H groups in total. The first kappa shape index (κ1) is 15.5. The van der Waals surface area contributed by atoms with Gasteiger partial charge in [-0.25, -0.2) is 0 Å². The van der Waals surface area contributed by atoms with E-state index in [1.54, 1.807) is 6.07 Å². The minimum atomic E-state index is -0.0631. The van der Waals surface area contributed by atoms with Gasteiger partial charge < -0.3 is 11.1 Å². The molecule has 0 aliphatic heterocycles. The second kappa shape index (κ2) is 7.81. The van der Waals surface area contributed by atoms with Crippen LogP contribution >= 0.6 is 11.6 Å². The van der Waals surface area contributed by atoms with Crippen LogP contribution in [0, 0.1) is 0 Å². The van der Waals surface area contributed by atoms with E-state index in [1.165, 1.54) is 0 Å². The van der Waals surface area contributed by atoms with E-state index in [4.69, 9.17) is 17.3 Å². The number of amides is 1. The van der Waals surface area contributed by atoms with Crippen molar-refractivity contribution in [2.75, 3.05) is 6.54 Å². The largest absolute Gasteiger partial charge is 0.356 e. The van der Waals surface area contributed by atoms with Crippen molar-refractivity contribution in [2.24, 2.45) is 5.73 Å². The van der Waals surface area contributed by atoms with Gasteiger partial charge in [0.15, 0.2) is 0 Å². The second-order valence-electron chi connectivity index (χ2n) is 4.92. The van der Waals surface area contributed by atoms with E-state index in [2.05, 4.69) is 5.32 Å². The lowest BCUT2D eigenvalue weighted by Gasteiger charge is -2.12. The summed E-state index contributed by atoms with van der Waals surface area (Å²) in [5.41, 5.74) is 8.00. The highest BCUT2D eigenvalue weighted by Gasteiger charge is 2.08. The molecule has 0 heterocycles. The first-order chi connectivity index (χ1) is 10.2. The van der Waals surface area contributed by atoms with E-state index in [0.717, 1.165) is 11.1 Å². The zero-order chi connectivity index (χ0) is 15.1. The third-order valence-corrected chi connectivity index (χ3v) is 3.68. The van der Waals surface area contributed by atoms with Crippen molar-refractivity contribution in [3.05, 3.63) is 70.7 Å². The minimum absolute atomic E-state index is 0.0386. The fourth-order valence-electron chi connectivity index (χ4n) is 2.11. The van der Waals surface area contributed by atoms with Crippen LogP contribution in [0.25, 0.3) is 0 Å². The SMILES string of the molecule is NC(CCNC(=O)Cc1ccccc1Cl)c1ccccc1. The Labute approximate surface area is 130 Å². The summed E-state index contributed by atoms with van der Waals surface area (Å²) < 4.78 is 0. The van der Waals surface area contributed by atoms with Gasteiger partial charge in [0.2, 0.25) is 5.91 Å². The van der Waals surface area contributed by atoms with Gasteiger partial charge in [-0.1, -0.05) is 60.1 Å². The lowest BCUT2D eigenvalue weighted by atomic mass is 10.0. The highest BCUT2D eigenvalue weighted by Crippen LogP contribution is 2.15. The van der Waals surface area contributed by atoms with Gasteiger partial charge in [0.05, 0.1) is 6.42 Å². The fraction of sp³-hybridized carbons (Fsp3) is 0.235. The van der Waals surface area contributed by atoms with Crippen molar-refractivity contribution in [1.29, 1.82) is 0 Å². The number of carbonyl (C=O) groups is 1. The molecule has 0 fully saturated rings. The molecule has 0 saturated carbocycles. The van der Waals surface area contributed by atoms with Gasteiger partial charge in [-0.15, -0.1) is 0 Å². The molecule has 110 valence electrons. The molecular weight excluding hydrogens is 284 g/mol. The number of nitrogens with two attached hydrogens (primary N) is 1. The van der Waals surface area contributed by atoms with Gasteiger partial charge >= 0.3 is 0 Å². The monoisotopic (exact) mass is 302 g/mol. The first-order valence-electron chi connectivity index (χ1n) is 6.97. The minimum Gasteiger partial charge on any atom is -0.356 e. The van der Waals surface area contributed by atoms with Crippen LogP contribution < -0.4 is 11.1 Å². The third-order valence-electron chi connectivity index (χ3n) is 3.31. The van der Waals surface area contributed by atoms with Crippen LogP contribution in [0.4, 0.5) is 0 Å². The summed E-state index contributed by atoms with van der Waals surface area (Å²) in [7, 11) is 0. The van der Waals surface area contributed by atoms with E-state index in [9.17, 15) is 4.79 Å². The van der Waals surface area contributed by atoms with Crippen molar-refractivity contribution in [3.63, 3.8) is 0 Å². The van der Waals surface area contributed by atoms with Crippen molar-refractivity contribution >= 4 is 17.5 Å². The predicted octanol–water partition coefficient (Wildman–Crippen LogP) is 3.09. The van der Waals surface area contributed by atoms with Crippen LogP contribution in [0.15, 0.2) is 54.6 Å². The van der Waals surface area contributed by atoms with Crippen LogP contribution in [-0.4, -0.2) is 12.5 Å². The normalized spacial score (nSPS) is 11.9. The smallest absolute Gasteiger partial charge is 0.224 e. The Morgan fingerprint density at radius 1 is 1.10 bits per heavy atom. The van der Waals surface area contributed by atoms with Gasteiger partial charge in [0.1, 0.15) is 0 Å². The second-order valence-corrected chi connectivity index (χ2v) is 5.33. The number of rotatable bonds is 6. The topological polar surface area (TPSA) is 55.1 Å². The van der Waals surface area contributed by atoms with E-state index in [-0.39, 0.29) is 11.9 Å². The summed E-state index contributed by atoms with van der Waals surface area (Å²) in [4.78, 5) is 11.9. The Morgan fingerprint density at radius 3 is 2.48 bits per heavy atom. The van der Waals surface area contributed by atoms with E-state index in [1.807, 2.05) is 48.5 Å². The Bertz CT molecular complexity index is 586. The molecule has 1 unspecified atom stereocenters. The standard InChI is InChI=1S/C17H19ClN2O/c18-15-9-5-4-8-14(15)12-17(21)20-11-10-16(19)13-6-2-1-3-7-13/h1-9,16H,10-12,19H2,(H,20,21). The number of halogens is 1. The molecular formula is C17H19ClN2O. The first-order valence-corrected chi connectivity index (χ1v) is 7.35. The van der Waals surface area contributed by atoms with Crippen molar-refractivity contribution in [1.82, 2.24) is 5.32 Å². The van der Waals surface area contributed by atoms with E-state index in [0.29, 0.717) is 24.4 Å². The Hall–Kier alpha value is -1.84. The zero-order valence-electron chi connectivity index (χ0n) is 11.8. The van der Waals surface area contributed by atoms with Gasteiger partial charge in [-0.2, -0.15) is 0 Å². The molecule has 2 aromatic rings. The lowest BCUT2D eigenvalue weighted by Crippen LogP contribution is -2.28. The summed E-state index contributed by atoms with van der Waals surface area (Å²) in [6, 6.07) is 17.2. The number of hydrogen-bond donors (Lipinski definition) is 2. The maximum atomic E-state index is 11.9. The summed E-state index contributed by atoms with van der Waals surface area (Å²) in [5.74, 6) is -0.0386. The van der Waals surface area contributed by atoms with Crippen LogP contribution in [0.1, 0.15) is 23.6 Å². The molecule has 1 atom stereocenters. The van der Waals surface area contributed by atoms with Crippen LogP contribution in [-0.2, 0) is 11.2 Å². The van der Waals surface area contributed by atoms with Gasteiger partial charge in [0, 0.05) is 17.6 Å². The number of benzene rings is 2. The van der Waals surface area contributed by atoms with Crippen molar-refractivity contribution < 1.29 is 4.79 Å². The number of nitrogens with one attached hydrogen (secondary N) is 1. The Balaban J connectivity index is 1.76. The fourth-order valence-corrected chi connectivity index (χ4v) is 2.31. The van der Waals surface area contributed by atoms with Crippen LogP contribution in [0.3, 0.4) is 0 Å². The highest BCUT2D eigenvalue weighted by molar-refractivity contribution is 6.31. The summed E-state index contributed by atoms with van der Waals surface area (Å²) in [5, 5.41) is 3.50. The molecule has 0 saturated heterocycles. The zero-order valence-corrected chi connectivity index (χ0v) is 12.5.